The number of ether oxygens (including phenoxy) is 1. The number of rotatable bonds is 6. The van der Waals surface area contributed by atoms with Crippen molar-refractivity contribution in [2.45, 2.75) is 63.1 Å². The van der Waals surface area contributed by atoms with E-state index >= 15 is 0 Å². The molecule has 0 rings (SSSR count). The number of hydrogen-bond acceptors (Lipinski definition) is 3. The molecule has 0 spiro atoms. The van der Waals surface area contributed by atoms with Crippen LogP contribution in [0.2, 0.25) is 0 Å². The molecule has 0 aliphatic heterocycles. The van der Waals surface area contributed by atoms with Crippen molar-refractivity contribution in [1.82, 2.24) is 0 Å². The second-order valence-electron chi connectivity index (χ2n) is 5.40. The molecule has 3 unspecified atom stereocenters. The zero-order valence-corrected chi connectivity index (χ0v) is 12.9. The van der Waals surface area contributed by atoms with E-state index in [2.05, 4.69) is 4.74 Å². The summed E-state index contributed by atoms with van der Waals surface area (Å²) in [5.41, 5.74) is -11.8. The molecular weight excluding hydrogens is 382 g/mol. The van der Waals surface area contributed by atoms with Crippen LogP contribution >= 0.6 is 0 Å². The van der Waals surface area contributed by atoms with Crippen LogP contribution in [-0.2, 0) is 9.53 Å². The largest absolute Gasteiger partial charge is 0.443 e. The average Bonchev–Trinajstić information content (AvgIpc) is 2.41. The molecule has 3 atom stereocenters. The normalized spacial score (nSPS) is 20.0. The van der Waals surface area contributed by atoms with Crippen LogP contribution in [0.15, 0.2) is 0 Å². The molecular formula is C12H14F10O3. The Kier molecular flexibility index (Phi) is 6.45. The maximum absolute atomic E-state index is 14.0. The first kappa shape index (κ1) is 23.7. The lowest BCUT2D eigenvalue weighted by molar-refractivity contribution is -0.425. The molecule has 13 heteroatoms. The Labute approximate surface area is 134 Å². The Bertz CT molecular complexity index is 487. The van der Waals surface area contributed by atoms with E-state index in [1.165, 1.54) is 6.92 Å². The molecule has 0 saturated heterocycles. The fourth-order valence-corrected chi connectivity index (χ4v) is 1.57. The molecule has 1 N–H and O–H groups in total. The van der Waals surface area contributed by atoms with Gasteiger partial charge < -0.3 is 9.84 Å². The Morgan fingerprint density at radius 1 is 1.00 bits per heavy atom. The second-order valence-corrected chi connectivity index (χ2v) is 5.40. The number of carbonyl (C=O) groups is 1. The zero-order valence-electron chi connectivity index (χ0n) is 12.9. The Morgan fingerprint density at radius 3 is 1.64 bits per heavy atom. The molecule has 0 aromatic heterocycles. The summed E-state index contributed by atoms with van der Waals surface area (Å²) >= 11 is 0. The maximum atomic E-state index is 14.0. The van der Waals surface area contributed by atoms with Gasteiger partial charge in [0, 0.05) is 0 Å². The van der Waals surface area contributed by atoms with Crippen molar-refractivity contribution in [3.8, 4) is 0 Å². The van der Waals surface area contributed by atoms with E-state index in [1.807, 2.05) is 0 Å². The van der Waals surface area contributed by atoms with E-state index < -0.39 is 54.7 Å². The molecule has 3 nitrogen and oxygen atoms in total. The molecule has 0 radical (unpaired) electrons. The average molecular weight is 396 g/mol. The van der Waals surface area contributed by atoms with Crippen LogP contribution in [0.1, 0.15) is 27.2 Å². The molecule has 0 bridgehead atoms. The predicted molar refractivity (Wildman–Crippen MR) is 62.0 cm³/mol. The quantitative estimate of drug-likeness (QED) is 0.544. The summed E-state index contributed by atoms with van der Waals surface area (Å²) in [4.78, 5) is 11.4. The van der Waals surface area contributed by atoms with Gasteiger partial charge in [0.1, 0.15) is 0 Å². The van der Waals surface area contributed by atoms with Gasteiger partial charge in [0.15, 0.2) is 0 Å². The second kappa shape index (κ2) is 6.80. The SMILES string of the molecule is CCC(C)C(=O)OC(C)(C(F)(F)F)C(F)(F)C(O)(C(F)F)C(F)(F)F. The third-order valence-electron chi connectivity index (χ3n) is 3.69. The molecule has 0 saturated carbocycles. The lowest BCUT2D eigenvalue weighted by Crippen LogP contribution is -2.75. The van der Waals surface area contributed by atoms with Gasteiger partial charge in [-0.05, 0) is 13.3 Å². The molecule has 0 aromatic rings. The van der Waals surface area contributed by atoms with Crippen LogP contribution in [0.4, 0.5) is 43.9 Å². The van der Waals surface area contributed by atoms with Gasteiger partial charge >= 0.3 is 24.2 Å². The third-order valence-corrected chi connectivity index (χ3v) is 3.69. The lowest BCUT2D eigenvalue weighted by atomic mass is 9.81. The summed E-state index contributed by atoms with van der Waals surface area (Å²) < 4.78 is 134. The van der Waals surface area contributed by atoms with Crippen molar-refractivity contribution in [3.63, 3.8) is 0 Å². The maximum Gasteiger partial charge on any atom is 0.434 e. The van der Waals surface area contributed by atoms with Crippen LogP contribution in [-0.4, -0.2) is 47.0 Å². The van der Waals surface area contributed by atoms with Crippen LogP contribution < -0.4 is 0 Å². The summed E-state index contributed by atoms with van der Waals surface area (Å²) in [7, 11) is 0. The molecule has 0 heterocycles. The molecule has 150 valence electrons. The summed E-state index contributed by atoms with van der Waals surface area (Å²) in [6, 6.07) is 0. The first-order valence-corrected chi connectivity index (χ1v) is 6.55. The van der Waals surface area contributed by atoms with Crippen molar-refractivity contribution in [1.29, 1.82) is 0 Å². The van der Waals surface area contributed by atoms with Crippen molar-refractivity contribution in [3.05, 3.63) is 0 Å². The first-order chi connectivity index (χ1) is 10.8. The van der Waals surface area contributed by atoms with E-state index in [-0.39, 0.29) is 6.42 Å². The van der Waals surface area contributed by atoms with Crippen molar-refractivity contribution < 1.29 is 58.5 Å². The predicted octanol–water partition coefficient (Wildman–Crippen LogP) is 4.09. The van der Waals surface area contributed by atoms with Crippen molar-refractivity contribution in [2.24, 2.45) is 5.92 Å². The van der Waals surface area contributed by atoms with Crippen LogP contribution in [0.3, 0.4) is 0 Å². The summed E-state index contributed by atoms with van der Waals surface area (Å²) in [6.45, 7) is 1.42. The highest BCUT2D eigenvalue weighted by molar-refractivity contribution is 5.72. The van der Waals surface area contributed by atoms with Gasteiger partial charge in [0.05, 0.1) is 5.92 Å². The first-order valence-electron chi connectivity index (χ1n) is 6.55. The van der Waals surface area contributed by atoms with Gasteiger partial charge in [-0.2, -0.15) is 35.1 Å². The molecule has 25 heavy (non-hydrogen) atoms. The monoisotopic (exact) mass is 396 g/mol. The van der Waals surface area contributed by atoms with Crippen molar-refractivity contribution >= 4 is 5.97 Å². The van der Waals surface area contributed by atoms with E-state index in [1.54, 1.807) is 0 Å². The Balaban J connectivity index is 6.50. The smallest absolute Gasteiger partial charge is 0.434 e. The fourth-order valence-electron chi connectivity index (χ4n) is 1.57. The highest BCUT2D eigenvalue weighted by Gasteiger charge is 2.86. The van der Waals surface area contributed by atoms with Crippen molar-refractivity contribution in [2.75, 3.05) is 0 Å². The van der Waals surface area contributed by atoms with Gasteiger partial charge in [-0.3, -0.25) is 4.79 Å². The topological polar surface area (TPSA) is 46.5 Å². The third kappa shape index (κ3) is 3.65. The molecule has 0 amide bonds. The number of esters is 1. The van der Waals surface area contributed by atoms with Gasteiger partial charge in [-0.25, -0.2) is 8.78 Å². The summed E-state index contributed by atoms with van der Waals surface area (Å²) in [6.07, 6.45) is -18.9. The standard InChI is InChI=1S/C12H14F10O3/c1-4-5(2)6(23)25-8(3,11(17,18)19)10(15,16)9(24,7(13)14)12(20,21)22/h5,7,24H,4H2,1-3H3. The highest BCUT2D eigenvalue weighted by atomic mass is 19.4. The number of alkyl halides is 10. The molecule has 0 aliphatic carbocycles. The number of carbonyl (C=O) groups excluding carboxylic acids is 1. The van der Waals surface area contributed by atoms with Gasteiger partial charge in [-0.1, -0.05) is 13.8 Å². The van der Waals surface area contributed by atoms with E-state index in [0.29, 0.717) is 0 Å². The molecule has 0 aliphatic rings. The summed E-state index contributed by atoms with van der Waals surface area (Å²) in [5.74, 6) is -10.1. The Morgan fingerprint density at radius 2 is 1.40 bits per heavy atom. The lowest BCUT2D eigenvalue weighted by Gasteiger charge is -2.45. The number of hydrogen-bond donors (Lipinski definition) is 1. The minimum Gasteiger partial charge on any atom is -0.443 e. The minimum absolute atomic E-state index is 0.239. The van der Waals surface area contributed by atoms with Crippen LogP contribution in [0.5, 0.6) is 0 Å². The van der Waals surface area contributed by atoms with Gasteiger partial charge in [0.2, 0.25) is 0 Å². The fraction of sp³-hybridized carbons (Fsp3) is 0.917. The van der Waals surface area contributed by atoms with E-state index in [9.17, 15) is 48.7 Å². The van der Waals surface area contributed by atoms with E-state index in [0.717, 1.165) is 6.92 Å². The zero-order chi connectivity index (χ0) is 20.6. The molecule has 0 fully saturated rings. The van der Waals surface area contributed by atoms with E-state index in [4.69, 9.17) is 5.11 Å². The summed E-state index contributed by atoms with van der Waals surface area (Å²) in [5, 5.41) is 8.84. The van der Waals surface area contributed by atoms with Crippen LogP contribution in [0.25, 0.3) is 0 Å². The van der Waals surface area contributed by atoms with Crippen LogP contribution in [0, 0.1) is 5.92 Å². The van der Waals surface area contributed by atoms with Gasteiger partial charge in [-0.15, -0.1) is 0 Å². The van der Waals surface area contributed by atoms with Gasteiger partial charge in [0.25, 0.3) is 17.6 Å². The molecule has 0 aromatic carbocycles. The minimum atomic E-state index is -6.88. The Hall–Kier alpha value is -1.27. The number of halogens is 10. The number of aliphatic hydroxyl groups is 1. The highest BCUT2D eigenvalue weighted by Crippen LogP contribution is 2.56.